The summed E-state index contributed by atoms with van der Waals surface area (Å²) in [7, 11) is 0. The number of aliphatic hydroxyl groups excluding tert-OH is 1. The van der Waals surface area contributed by atoms with Crippen molar-refractivity contribution in [2.75, 3.05) is 26.2 Å². The SMILES string of the molecule is C=CCCC(=O)NC[C@@H](C)OC(=O)[C@H]1[C@@H]2O[C@@]3(CC2Br)[C@@H]1C(=O)N(CCCCCO)[C@@H]3C(=O)N(CC=C)C(C)C. The van der Waals surface area contributed by atoms with Crippen LogP contribution in [0.3, 0.4) is 0 Å². The normalized spacial score (nSPS) is 29.3. The lowest BCUT2D eigenvalue weighted by Gasteiger charge is -2.38. The van der Waals surface area contributed by atoms with Crippen LogP contribution in [0.1, 0.15) is 59.3 Å². The Labute approximate surface area is 245 Å². The zero-order valence-electron chi connectivity index (χ0n) is 23.9. The van der Waals surface area contributed by atoms with Crippen molar-refractivity contribution in [2.45, 2.75) is 94.0 Å². The third-order valence-electron chi connectivity index (χ3n) is 8.06. The Morgan fingerprint density at radius 3 is 2.60 bits per heavy atom. The van der Waals surface area contributed by atoms with Gasteiger partial charge in [0.05, 0.1) is 24.5 Å². The lowest BCUT2D eigenvalue weighted by molar-refractivity contribution is -0.159. The first-order valence-corrected chi connectivity index (χ1v) is 15.2. The quantitative estimate of drug-likeness (QED) is 0.117. The summed E-state index contributed by atoms with van der Waals surface area (Å²) in [6.07, 6.45) is 5.27. The van der Waals surface area contributed by atoms with E-state index in [4.69, 9.17) is 9.47 Å². The van der Waals surface area contributed by atoms with E-state index in [2.05, 4.69) is 34.4 Å². The molecule has 224 valence electrons. The molecular formula is C29H44BrN3O7. The van der Waals surface area contributed by atoms with Crippen LogP contribution in [-0.2, 0) is 28.7 Å². The van der Waals surface area contributed by atoms with Crippen LogP contribution in [-0.4, -0.2) is 99.6 Å². The molecule has 1 unspecified atom stereocenters. The second kappa shape index (κ2) is 14.1. The van der Waals surface area contributed by atoms with E-state index in [1.54, 1.807) is 28.9 Å². The number of ether oxygens (including phenoxy) is 2. The maximum Gasteiger partial charge on any atom is 0.312 e. The zero-order valence-corrected chi connectivity index (χ0v) is 25.4. The number of rotatable bonds is 16. The number of hydrogen-bond acceptors (Lipinski definition) is 7. The Morgan fingerprint density at radius 2 is 1.98 bits per heavy atom. The number of carbonyl (C=O) groups is 4. The van der Waals surface area contributed by atoms with Gasteiger partial charge in [0.15, 0.2) is 0 Å². The molecule has 40 heavy (non-hydrogen) atoms. The number of unbranched alkanes of at least 4 members (excludes halogenated alkanes) is 2. The number of halogens is 1. The minimum absolute atomic E-state index is 0.0558. The molecule has 3 aliphatic heterocycles. The minimum atomic E-state index is -1.16. The first-order valence-electron chi connectivity index (χ1n) is 14.3. The smallest absolute Gasteiger partial charge is 0.312 e. The van der Waals surface area contributed by atoms with Crippen molar-refractivity contribution in [3.63, 3.8) is 0 Å². The van der Waals surface area contributed by atoms with Crippen molar-refractivity contribution in [1.82, 2.24) is 15.1 Å². The average molecular weight is 627 g/mol. The number of esters is 1. The molecule has 0 aromatic rings. The Morgan fingerprint density at radius 1 is 1.25 bits per heavy atom. The van der Waals surface area contributed by atoms with E-state index in [0.29, 0.717) is 51.6 Å². The average Bonchev–Trinajstić information content (AvgIpc) is 3.50. The van der Waals surface area contributed by atoms with Crippen molar-refractivity contribution >= 4 is 39.6 Å². The molecule has 0 aliphatic carbocycles. The molecule has 0 radical (unpaired) electrons. The molecule has 0 aromatic heterocycles. The fourth-order valence-electron chi connectivity index (χ4n) is 6.24. The fourth-order valence-corrected chi connectivity index (χ4v) is 7.18. The van der Waals surface area contributed by atoms with Crippen LogP contribution in [0.25, 0.3) is 0 Å². The van der Waals surface area contributed by atoms with Gasteiger partial charge in [-0.15, -0.1) is 13.2 Å². The van der Waals surface area contributed by atoms with Crippen molar-refractivity contribution in [3.8, 4) is 0 Å². The van der Waals surface area contributed by atoms with E-state index in [9.17, 15) is 24.3 Å². The largest absolute Gasteiger partial charge is 0.460 e. The molecule has 3 fully saturated rings. The highest BCUT2D eigenvalue weighted by Gasteiger charge is 2.77. The number of fused-ring (bicyclic) bond motifs is 1. The van der Waals surface area contributed by atoms with Gasteiger partial charge in [0.1, 0.15) is 17.7 Å². The molecule has 3 aliphatic rings. The fraction of sp³-hybridized carbons (Fsp3) is 0.724. The van der Waals surface area contributed by atoms with Gasteiger partial charge in [-0.3, -0.25) is 19.2 Å². The molecule has 11 heteroatoms. The summed E-state index contributed by atoms with van der Waals surface area (Å²) in [5.74, 6) is -2.96. The predicted molar refractivity (Wildman–Crippen MR) is 153 cm³/mol. The Kier molecular flexibility index (Phi) is 11.4. The molecule has 1 spiro atoms. The summed E-state index contributed by atoms with van der Waals surface area (Å²) in [4.78, 5) is 56.7. The van der Waals surface area contributed by atoms with Crippen molar-refractivity contribution in [1.29, 1.82) is 0 Å². The van der Waals surface area contributed by atoms with Crippen LogP contribution >= 0.6 is 15.9 Å². The van der Waals surface area contributed by atoms with Gasteiger partial charge in [-0.25, -0.2) is 0 Å². The Hall–Kier alpha value is -2.24. The van der Waals surface area contributed by atoms with Gasteiger partial charge >= 0.3 is 5.97 Å². The number of amides is 3. The van der Waals surface area contributed by atoms with Gasteiger partial charge in [-0.2, -0.15) is 0 Å². The molecule has 3 saturated heterocycles. The van der Waals surface area contributed by atoms with E-state index in [0.717, 1.165) is 0 Å². The molecule has 2 bridgehead atoms. The summed E-state index contributed by atoms with van der Waals surface area (Å²) >= 11 is 3.67. The summed E-state index contributed by atoms with van der Waals surface area (Å²) in [6.45, 7) is 13.8. The van der Waals surface area contributed by atoms with Crippen LogP contribution in [0.15, 0.2) is 25.3 Å². The second-order valence-electron chi connectivity index (χ2n) is 11.2. The van der Waals surface area contributed by atoms with Crippen LogP contribution < -0.4 is 5.32 Å². The molecule has 7 atom stereocenters. The van der Waals surface area contributed by atoms with Gasteiger partial charge < -0.3 is 29.7 Å². The van der Waals surface area contributed by atoms with Crippen molar-refractivity contribution in [2.24, 2.45) is 11.8 Å². The number of likely N-dealkylation sites (tertiary alicyclic amines) is 1. The van der Waals surface area contributed by atoms with E-state index in [1.165, 1.54) is 0 Å². The molecule has 3 amide bonds. The third-order valence-corrected chi connectivity index (χ3v) is 8.91. The van der Waals surface area contributed by atoms with Gasteiger partial charge in [0.25, 0.3) is 0 Å². The number of hydrogen-bond donors (Lipinski definition) is 2. The predicted octanol–water partition coefficient (Wildman–Crippen LogP) is 2.33. The summed E-state index contributed by atoms with van der Waals surface area (Å²) in [6, 6.07) is -1.01. The standard InChI is InChI=1S/C29H44BrN3O7/c1-6-8-12-21(35)31-17-19(5)39-28(38)22-23-26(36)33(14-10-9-11-15-34)25(27(37)32(13-7-2)18(3)4)29(23)16-20(30)24(22)40-29/h6-7,18-20,22-25,34H,1-2,8-17H2,3-5H3,(H,31,35)/t19-,20?,22-,23+,24-,25-,29+/m1/s1. The summed E-state index contributed by atoms with van der Waals surface area (Å²) in [5.41, 5.74) is -1.16. The van der Waals surface area contributed by atoms with Crippen LogP contribution in [0.2, 0.25) is 0 Å². The van der Waals surface area contributed by atoms with Gasteiger partial charge in [-0.1, -0.05) is 28.1 Å². The topological polar surface area (TPSA) is 125 Å². The lowest BCUT2D eigenvalue weighted by atomic mass is 9.70. The number of carbonyl (C=O) groups excluding carboxylic acids is 4. The first kappa shape index (κ1) is 32.3. The number of allylic oxidation sites excluding steroid dienone is 1. The van der Waals surface area contributed by atoms with E-state index < -0.39 is 41.7 Å². The van der Waals surface area contributed by atoms with Crippen LogP contribution in [0.5, 0.6) is 0 Å². The second-order valence-corrected chi connectivity index (χ2v) is 12.4. The molecule has 10 nitrogen and oxygen atoms in total. The van der Waals surface area contributed by atoms with Crippen molar-refractivity contribution < 1.29 is 33.8 Å². The highest BCUT2D eigenvalue weighted by atomic mass is 79.9. The van der Waals surface area contributed by atoms with E-state index in [-0.39, 0.29) is 41.7 Å². The zero-order chi connectivity index (χ0) is 29.6. The molecule has 3 heterocycles. The van der Waals surface area contributed by atoms with Gasteiger partial charge in [0, 0.05) is 37.0 Å². The maximum atomic E-state index is 14.1. The summed E-state index contributed by atoms with van der Waals surface area (Å²) in [5, 5.41) is 12.0. The Balaban J connectivity index is 1.86. The van der Waals surface area contributed by atoms with Gasteiger partial charge in [0.2, 0.25) is 17.7 Å². The lowest BCUT2D eigenvalue weighted by Crippen LogP contribution is -2.58. The first-order chi connectivity index (χ1) is 19.0. The maximum absolute atomic E-state index is 14.1. The minimum Gasteiger partial charge on any atom is -0.460 e. The number of nitrogens with zero attached hydrogens (tertiary/aromatic N) is 2. The molecule has 0 saturated carbocycles. The van der Waals surface area contributed by atoms with E-state index >= 15 is 0 Å². The monoisotopic (exact) mass is 625 g/mol. The number of alkyl halides is 1. The van der Waals surface area contributed by atoms with Crippen molar-refractivity contribution in [3.05, 3.63) is 25.3 Å². The Bertz CT molecular complexity index is 975. The molecular weight excluding hydrogens is 582 g/mol. The molecule has 0 aromatic carbocycles. The summed E-state index contributed by atoms with van der Waals surface area (Å²) < 4.78 is 12.3. The van der Waals surface area contributed by atoms with E-state index in [1.807, 2.05) is 13.8 Å². The molecule has 2 N–H and O–H groups in total. The number of nitrogens with one attached hydrogen (secondary N) is 1. The molecule has 3 rings (SSSR count). The highest BCUT2D eigenvalue weighted by Crippen LogP contribution is 2.60. The third kappa shape index (κ3) is 6.46. The van der Waals surface area contributed by atoms with Crippen LogP contribution in [0, 0.1) is 11.8 Å². The highest BCUT2D eigenvalue weighted by molar-refractivity contribution is 9.09. The number of aliphatic hydroxyl groups is 1. The van der Waals surface area contributed by atoms with Gasteiger partial charge in [-0.05, 0) is 52.9 Å². The van der Waals surface area contributed by atoms with Crippen LogP contribution in [0.4, 0.5) is 0 Å².